The summed E-state index contributed by atoms with van der Waals surface area (Å²) in [7, 11) is 1.55. The van der Waals surface area contributed by atoms with Crippen molar-refractivity contribution in [2.45, 2.75) is 12.1 Å². The second-order valence-corrected chi connectivity index (χ2v) is 9.25. The highest BCUT2D eigenvalue weighted by Crippen LogP contribution is 2.29. The normalized spacial score (nSPS) is 11.2. The molecule has 7 nitrogen and oxygen atoms in total. The average molecular weight is 505 g/mol. The molecule has 0 aliphatic carbocycles. The Kier molecular flexibility index (Phi) is 6.23. The third-order valence-corrected chi connectivity index (χ3v) is 6.95. The number of fused-ring (bicyclic) bond motifs is 3. The SMILES string of the molecule is COc1ccccc1-n1c(SCC(=O)Nc2ccc(C)c(Cl)c2)nc2c([nH]c3ccccc32)c1=O. The molecule has 2 aromatic heterocycles. The van der Waals surface area contributed by atoms with Gasteiger partial charge in [0.25, 0.3) is 5.56 Å². The number of para-hydroxylation sites is 3. The number of amides is 1. The molecule has 0 saturated heterocycles. The van der Waals surface area contributed by atoms with E-state index in [2.05, 4.69) is 10.3 Å². The molecule has 0 aliphatic heterocycles. The van der Waals surface area contributed by atoms with Crippen molar-refractivity contribution in [3.05, 3.63) is 87.7 Å². The summed E-state index contributed by atoms with van der Waals surface area (Å²) in [6.45, 7) is 1.90. The van der Waals surface area contributed by atoms with E-state index in [0.717, 1.165) is 16.5 Å². The van der Waals surface area contributed by atoms with Crippen LogP contribution in [-0.4, -0.2) is 33.3 Å². The van der Waals surface area contributed by atoms with Crippen LogP contribution in [0.2, 0.25) is 5.02 Å². The summed E-state index contributed by atoms with van der Waals surface area (Å²) in [5.41, 5.74) is 3.56. The topological polar surface area (TPSA) is 89.0 Å². The zero-order valence-corrected chi connectivity index (χ0v) is 20.5. The number of rotatable bonds is 6. The van der Waals surface area contributed by atoms with E-state index >= 15 is 0 Å². The number of carbonyl (C=O) groups is 1. The van der Waals surface area contributed by atoms with Gasteiger partial charge in [-0.2, -0.15) is 0 Å². The van der Waals surface area contributed by atoms with Crippen LogP contribution in [0.5, 0.6) is 5.75 Å². The van der Waals surface area contributed by atoms with Gasteiger partial charge in [-0.15, -0.1) is 0 Å². The Hall–Kier alpha value is -3.75. The van der Waals surface area contributed by atoms with Crippen molar-refractivity contribution in [3.8, 4) is 11.4 Å². The number of H-pyrrole nitrogens is 1. The molecule has 1 amide bonds. The maximum absolute atomic E-state index is 13.7. The van der Waals surface area contributed by atoms with Gasteiger partial charge in [-0.1, -0.05) is 59.8 Å². The van der Waals surface area contributed by atoms with Crippen LogP contribution in [0.15, 0.2) is 76.7 Å². The highest BCUT2D eigenvalue weighted by Gasteiger charge is 2.20. The van der Waals surface area contributed by atoms with E-state index < -0.39 is 0 Å². The predicted octanol–water partition coefficient (Wildman–Crippen LogP) is 5.57. The molecule has 3 aromatic carbocycles. The van der Waals surface area contributed by atoms with Gasteiger partial charge in [-0.25, -0.2) is 9.55 Å². The minimum absolute atomic E-state index is 0.0426. The monoisotopic (exact) mass is 504 g/mol. The largest absolute Gasteiger partial charge is 0.495 e. The van der Waals surface area contributed by atoms with Gasteiger partial charge in [0.15, 0.2) is 5.16 Å². The van der Waals surface area contributed by atoms with Gasteiger partial charge in [0.05, 0.1) is 18.6 Å². The Morgan fingerprint density at radius 2 is 1.91 bits per heavy atom. The number of nitrogens with one attached hydrogen (secondary N) is 2. The van der Waals surface area contributed by atoms with E-state index in [0.29, 0.717) is 38.3 Å². The van der Waals surface area contributed by atoms with Crippen LogP contribution in [0.1, 0.15) is 5.56 Å². The summed E-state index contributed by atoms with van der Waals surface area (Å²) >= 11 is 7.35. The molecule has 0 atom stereocenters. The number of aryl methyl sites for hydroxylation is 1. The minimum Gasteiger partial charge on any atom is -0.495 e. The molecule has 9 heteroatoms. The van der Waals surface area contributed by atoms with Crippen LogP contribution in [0.4, 0.5) is 5.69 Å². The first-order valence-electron chi connectivity index (χ1n) is 10.8. The van der Waals surface area contributed by atoms with Gasteiger partial charge in [-0.05, 0) is 42.8 Å². The second-order valence-electron chi connectivity index (χ2n) is 7.90. The first-order valence-corrected chi connectivity index (χ1v) is 12.2. The van der Waals surface area contributed by atoms with E-state index in [9.17, 15) is 9.59 Å². The third-order valence-electron chi connectivity index (χ3n) is 5.61. The van der Waals surface area contributed by atoms with Crippen molar-refractivity contribution in [1.82, 2.24) is 14.5 Å². The zero-order chi connectivity index (χ0) is 24.5. The lowest BCUT2D eigenvalue weighted by Gasteiger charge is -2.15. The van der Waals surface area contributed by atoms with Gasteiger partial charge in [-0.3, -0.25) is 9.59 Å². The zero-order valence-electron chi connectivity index (χ0n) is 19.0. The smallest absolute Gasteiger partial charge is 0.283 e. The van der Waals surface area contributed by atoms with Crippen LogP contribution in [0.25, 0.3) is 27.6 Å². The molecular weight excluding hydrogens is 484 g/mol. The van der Waals surface area contributed by atoms with E-state index in [1.165, 1.54) is 16.3 Å². The highest BCUT2D eigenvalue weighted by molar-refractivity contribution is 7.99. The molecule has 0 fully saturated rings. The Morgan fingerprint density at radius 1 is 1.14 bits per heavy atom. The van der Waals surface area contributed by atoms with Crippen molar-refractivity contribution < 1.29 is 9.53 Å². The number of aromatic nitrogens is 3. The standard InChI is InChI=1S/C26H21ClN4O3S/c1-15-11-12-16(13-18(15)27)28-22(32)14-35-26-30-23-17-7-3-4-8-19(17)29-24(23)25(33)31(26)20-9-5-6-10-21(20)34-2/h3-13,29H,14H2,1-2H3,(H,28,32). The molecule has 0 aliphatic rings. The lowest BCUT2D eigenvalue weighted by molar-refractivity contribution is -0.113. The molecular formula is C26H21ClN4O3S. The number of thioether (sulfide) groups is 1. The summed E-state index contributed by atoms with van der Waals surface area (Å²) in [4.78, 5) is 34.5. The summed E-state index contributed by atoms with van der Waals surface area (Å²) < 4.78 is 6.99. The van der Waals surface area contributed by atoms with Gasteiger partial charge < -0.3 is 15.0 Å². The quantitative estimate of drug-likeness (QED) is 0.233. The third kappa shape index (κ3) is 4.38. The highest BCUT2D eigenvalue weighted by atomic mass is 35.5. The fourth-order valence-corrected chi connectivity index (χ4v) is 4.84. The van der Waals surface area contributed by atoms with Gasteiger partial charge in [0.1, 0.15) is 16.8 Å². The Morgan fingerprint density at radius 3 is 2.71 bits per heavy atom. The molecule has 0 spiro atoms. The molecule has 0 bridgehead atoms. The Bertz CT molecular complexity index is 1640. The summed E-state index contributed by atoms with van der Waals surface area (Å²) in [6, 6.07) is 20.2. The fraction of sp³-hybridized carbons (Fsp3) is 0.115. The number of ether oxygens (including phenoxy) is 1. The van der Waals surface area contributed by atoms with Crippen molar-refractivity contribution in [1.29, 1.82) is 0 Å². The molecule has 35 heavy (non-hydrogen) atoms. The van der Waals surface area contributed by atoms with Crippen LogP contribution < -0.4 is 15.6 Å². The number of benzene rings is 3. The molecule has 5 rings (SSSR count). The van der Waals surface area contributed by atoms with E-state index in [1.807, 2.05) is 49.4 Å². The molecule has 2 heterocycles. The number of aromatic amines is 1. The first kappa shape index (κ1) is 23.0. The van der Waals surface area contributed by atoms with Crippen molar-refractivity contribution in [2.75, 3.05) is 18.2 Å². The van der Waals surface area contributed by atoms with Gasteiger partial charge >= 0.3 is 0 Å². The van der Waals surface area contributed by atoms with E-state index in [1.54, 1.807) is 31.4 Å². The van der Waals surface area contributed by atoms with Crippen molar-refractivity contribution in [2.24, 2.45) is 0 Å². The molecule has 0 saturated carbocycles. The maximum atomic E-state index is 13.7. The molecule has 0 unspecified atom stereocenters. The second kappa shape index (κ2) is 9.48. The Balaban J connectivity index is 1.57. The lowest BCUT2D eigenvalue weighted by Crippen LogP contribution is -2.23. The summed E-state index contributed by atoms with van der Waals surface area (Å²) in [6.07, 6.45) is 0. The summed E-state index contributed by atoms with van der Waals surface area (Å²) in [5.74, 6) is 0.322. The van der Waals surface area contributed by atoms with Crippen LogP contribution in [0, 0.1) is 6.92 Å². The number of methoxy groups -OCH3 is 1. The number of carbonyl (C=O) groups excluding carboxylic acids is 1. The molecule has 2 N–H and O–H groups in total. The van der Waals surface area contributed by atoms with Crippen molar-refractivity contribution in [3.63, 3.8) is 0 Å². The van der Waals surface area contributed by atoms with E-state index in [-0.39, 0.29) is 17.2 Å². The van der Waals surface area contributed by atoms with Gasteiger partial charge in [0, 0.05) is 21.6 Å². The number of halogens is 1. The Labute approximate surface area is 210 Å². The first-order chi connectivity index (χ1) is 17.0. The number of hydrogen-bond donors (Lipinski definition) is 2. The molecule has 5 aromatic rings. The predicted molar refractivity (Wildman–Crippen MR) is 141 cm³/mol. The summed E-state index contributed by atoms with van der Waals surface area (Å²) in [5, 5.41) is 4.65. The fourth-order valence-electron chi connectivity index (χ4n) is 3.86. The minimum atomic E-state index is -0.274. The van der Waals surface area contributed by atoms with Crippen LogP contribution >= 0.6 is 23.4 Å². The van der Waals surface area contributed by atoms with Crippen LogP contribution in [0.3, 0.4) is 0 Å². The number of hydrogen-bond acceptors (Lipinski definition) is 5. The van der Waals surface area contributed by atoms with Gasteiger partial charge in [0.2, 0.25) is 5.91 Å². The van der Waals surface area contributed by atoms with Crippen molar-refractivity contribution >= 4 is 56.9 Å². The number of nitrogens with zero attached hydrogens (tertiary/aromatic N) is 2. The molecule has 0 radical (unpaired) electrons. The lowest BCUT2D eigenvalue weighted by atomic mass is 10.2. The molecule has 176 valence electrons. The van der Waals surface area contributed by atoms with E-state index in [4.69, 9.17) is 21.3 Å². The van der Waals surface area contributed by atoms with Crippen LogP contribution in [-0.2, 0) is 4.79 Å². The average Bonchev–Trinajstić information content (AvgIpc) is 3.24. The number of anilines is 1. The maximum Gasteiger partial charge on any atom is 0.283 e.